The van der Waals surface area contributed by atoms with Crippen LogP contribution in [0.2, 0.25) is 0 Å². The van der Waals surface area contributed by atoms with Gasteiger partial charge in [0, 0.05) is 12.3 Å². The summed E-state index contributed by atoms with van der Waals surface area (Å²) in [4.78, 5) is 4.08. The first-order valence-corrected chi connectivity index (χ1v) is 5.83. The van der Waals surface area contributed by atoms with Crippen LogP contribution in [0.15, 0.2) is 42.6 Å². The Morgan fingerprint density at radius 3 is 2.78 bits per heavy atom. The van der Waals surface area contributed by atoms with Crippen molar-refractivity contribution in [3.05, 3.63) is 53.7 Å². The van der Waals surface area contributed by atoms with Crippen molar-refractivity contribution in [1.82, 2.24) is 4.98 Å². The molecule has 2 aromatic rings. The minimum absolute atomic E-state index is 0.440. The van der Waals surface area contributed by atoms with E-state index in [9.17, 15) is 0 Å². The highest BCUT2D eigenvalue weighted by Crippen LogP contribution is 2.24. The van der Waals surface area contributed by atoms with E-state index >= 15 is 0 Å². The first-order valence-electron chi connectivity index (χ1n) is 5.83. The molecule has 0 amide bonds. The first kappa shape index (κ1) is 12.1. The third-order valence-corrected chi connectivity index (χ3v) is 2.61. The molecular formula is C15H14N2O. The van der Waals surface area contributed by atoms with Crippen LogP contribution in [0.4, 0.5) is 0 Å². The third-order valence-electron chi connectivity index (χ3n) is 2.61. The van der Waals surface area contributed by atoms with Crippen LogP contribution >= 0.6 is 0 Å². The second kappa shape index (κ2) is 5.33. The number of nitrogens with zero attached hydrogens (tertiary/aromatic N) is 2. The lowest BCUT2D eigenvalue weighted by Gasteiger charge is -2.09. The number of hydrogen-bond acceptors (Lipinski definition) is 3. The van der Waals surface area contributed by atoms with Crippen LogP contribution in [0, 0.1) is 11.3 Å². The largest absolute Gasteiger partial charge is 0.439 e. The first-order chi connectivity index (χ1) is 8.69. The van der Waals surface area contributed by atoms with Crippen molar-refractivity contribution in [2.75, 3.05) is 0 Å². The molecule has 0 radical (unpaired) electrons. The molecule has 1 heterocycles. The third kappa shape index (κ3) is 2.86. The highest BCUT2D eigenvalue weighted by atomic mass is 16.5. The summed E-state index contributed by atoms with van der Waals surface area (Å²) in [6.07, 6.45) is 1.57. The highest BCUT2D eigenvalue weighted by molar-refractivity contribution is 5.36. The Morgan fingerprint density at radius 1 is 1.22 bits per heavy atom. The summed E-state index contributed by atoms with van der Waals surface area (Å²) in [7, 11) is 0. The topological polar surface area (TPSA) is 45.9 Å². The molecule has 0 saturated carbocycles. The minimum atomic E-state index is 0.440. The fraction of sp³-hybridized carbons (Fsp3) is 0.200. The van der Waals surface area contributed by atoms with Gasteiger partial charge < -0.3 is 4.74 Å². The molecule has 0 bridgehead atoms. The van der Waals surface area contributed by atoms with Crippen molar-refractivity contribution in [2.45, 2.75) is 19.8 Å². The van der Waals surface area contributed by atoms with Crippen molar-refractivity contribution in [1.29, 1.82) is 5.26 Å². The van der Waals surface area contributed by atoms with Gasteiger partial charge in [-0.2, -0.15) is 5.26 Å². The summed E-state index contributed by atoms with van der Waals surface area (Å²) in [5.41, 5.74) is 1.75. The molecule has 2 rings (SSSR count). The molecule has 3 nitrogen and oxygen atoms in total. The van der Waals surface area contributed by atoms with Crippen molar-refractivity contribution in [3.8, 4) is 17.7 Å². The molecular weight excluding hydrogens is 224 g/mol. The van der Waals surface area contributed by atoms with Gasteiger partial charge in [-0.3, -0.25) is 0 Å². The van der Waals surface area contributed by atoms with E-state index in [0.29, 0.717) is 17.4 Å². The maximum absolute atomic E-state index is 8.81. The van der Waals surface area contributed by atoms with Crippen LogP contribution in [0.1, 0.15) is 30.9 Å². The summed E-state index contributed by atoms with van der Waals surface area (Å²) in [6, 6.07) is 13.2. The van der Waals surface area contributed by atoms with Gasteiger partial charge in [-0.25, -0.2) is 4.98 Å². The SMILES string of the molecule is CC(C)c1cccc(Oc2cc(C#N)ccn2)c1. The fourth-order valence-corrected chi connectivity index (χ4v) is 1.59. The van der Waals surface area contributed by atoms with Gasteiger partial charge >= 0.3 is 0 Å². The van der Waals surface area contributed by atoms with E-state index in [1.54, 1.807) is 18.3 Å². The second-order valence-electron chi connectivity index (χ2n) is 4.32. The molecule has 1 aromatic heterocycles. The van der Waals surface area contributed by atoms with Gasteiger partial charge in [0.1, 0.15) is 5.75 Å². The minimum Gasteiger partial charge on any atom is -0.439 e. The summed E-state index contributed by atoms with van der Waals surface area (Å²) >= 11 is 0. The molecule has 0 unspecified atom stereocenters. The molecule has 0 saturated heterocycles. The molecule has 90 valence electrons. The zero-order valence-electron chi connectivity index (χ0n) is 10.4. The van der Waals surface area contributed by atoms with Gasteiger partial charge in [-0.05, 0) is 29.7 Å². The summed E-state index contributed by atoms with van der Waals surface area (Å²) < 4.78 is 5.65. The van der Waals surface area contributed by atoms with Crippen LogP contribution in [0.25, 0.3) is 0 Å². The van der Waals surface area contributed by atoms with Crippen LogP contribution in [-0.4, -0.2) is 4.98 Å². The van der Waals surface area contributed by atoms with Gasteiger partial charge in [0.2, 0.25) is 5.88 Å². The van der Waals surface area contributed by atoms with Crippen LogP contribution in [0.5, 0.6) is 11.6 Å². The number of benzene rings is 1. The molecule has 0 N–H and O–H groups in total. The quantitative estimate of drug-likeness (QED) is 0.815. The van der Waals surface area contributed by atoms with Crippen LogP contribution in [0.3, 0.4) is 0 Å². The molecule has 0 spiro atoms. The number of ether oxygens (including phenoxy) is 1. The zero-order valence-corrected chi connectivity index (χ0v) is 10.4. The zero-order chi connectivity index (χ0) is 13.0. The van der Waals surface area contributed by atoms with Gasteiger partial charge in [-0.15, -0.1) is 0 Å². The number of rotatable bonds is 3. The van der Waals surface area contributed by atoms with Crippen molar-refractivity contribution >= 4 is 0 Å². The molecule has 0 aliphatic heterocycles. The molecule has 0 atom stereocenters. The Labute approximate surface area is 107 Å². The maximum atomic E-state index is 8.81. The lowest BCUT2D eigenvalue weighted by Crippen LogP contribution is -1.91. The average molecular weight is 238 g/mol. The molecule has 3 heteroatoms. The molecule has 0 fully saturated rings. The van der Waals surface area contributed by atoms with Gasteiger partial charge in [0.05, 0.1) is 11.6 Å². The van der Waals surface area contributed by atoms with Crippen molar-refractivity contribution < 1.29 is 4.74 Å². The fourth-order valence-electron chi connectivity index (χ4n) is 1.59. The van der Waals surface area contributed by atoms with E-state index in [4.69, 9.17) is 10.00 Å². The standard InChI is InChI=1S/C15H14N2O/c1-11(2)13-4-3-5-14(9-13)18-15-8-12(10-16)6-7-17-15/h3-9,11H,1-2H3. The van der Waals surface area contributed by atoms with Gasteiger partial charge in [0.15, 0.2) is 0 Å². The highest BCUT2D eigenvalue weighted by Gasteiger charge is 2.03. The number of hydrogen-bond donors (Lipinski definition) is 0. The molecule has 1 aromatic carbocycles. The van der Waals surface area contributed by atoms with E-state index in [2.05, 4.69) is 31.0 Å². The maximum Gasteiger partial charge on any atom is 0.220 e. The van der Waals surface area contributed by atoms with Crippen molar-refractivity contribution in [2.24, 2.45) is 0 Å². The normalized spacial score (nSPS) is 10.1. The Bertz CT molecular complexity index is 585. The Balaban J connectivity index is 2.23. The lowest BCUT2D eigenvalue weighted by atomic mass is 10.0. The smallest absolute Gasteiger partial charge is 0.220 e. The molecule has 0 aliphatic carbocycles. The predicted molar refractivity (Wildman–Crippen MR) is 69.6 cm³/mol. The van der Waals surface area contributed by atoms with Gasteiger partial charge in [0.25, 0.3) is 0 Å². The summed E-state index contributed by atoms with van der Waals surface area (Å²) in [6.45, 7) is 4.27. The Hall–Kier alpha value is -2.34. The second-order valence-corrected chi connectivity index (χ2v) is 4.32. The van der Waals surface area contributed by atoms with Crippen LogP contribution in [-0.2, 0) is 0 Å². The molecule has 0 aliphatic rings. The van der Waals surface area contributed by atoms with E-state index in [0.717, 1.165) is 5.75 Å². The van der Waals surface area contributed by atoms with Crippen molar-refractivity contribution in [3.63, 3.8) is 0 Å². The monoisotopic (exact) mass is 238 g/mol. The predicted octanol–water partition coefficient (Wildman–Crippen LogP) is 3.87. The van der Waals surface area contributed by atoms with Gasteiger partial charge in [-0.1, -0.05) is 26.0 Å². The van der Waals surface area contributed by atoms with E-state index in [1.165, 1.54) is 5.56 Å². The van der Waals surface area contributed by atoms with E-state index in [-0.39, 0.29) is 0 Å². The van der Waals surface area contributed by atoms with E-state index < -0.39 is 0 Å². The number of aromatic nitrogens is 1. The summed E-state index contributed by atoms with van der Waals surface area (Å²) in [5.74, 6) is 1.63. The number of pyridine rings is 1. The Morgan fingerprint density at radius 2 is 2.06 bits per heavy atom. The Kier molecular flexibility index (Phi) is 3.59. The number of nitriles is 1. The molecule has 18 heavy (non-hydrogen) atoms. The lowest BCUT2D eigenvalue weighted by molar-refractivity contribution is 0.462. The summed E-state index contributed by atoms with van der Waals surface area (Å²) in [5, 5.41) is 8.81. The van der Waals surface area contributed by atoms with E-state index in [1.807, 2.05) is 18.2 Å². The average Bonchev–Trinajstić information content (AvgIpc) is 2.39. The van der Waals surface area contributed by atoms with Crippen LogP contribution < -0.4 is 4.74 Å².